The first-order valence-electron chi connectivity index (χ1n) is 8.07. The summed E-state index contributed by atoms with van der Waals surface area (Å²) in [6.07, 6.45) is 0.633. The largest absolute Gasteiger partial charge is 0.365 e. The second kappa shape index (κ2) is 7.17. The number of likely N-dealkylation sites (N-methyl/N-ethyl adjacent to an activating group) is 1. The predicted octanol–water partition coefficient (Wildman–Crippen LogP) is 2.04. The maximum Gasteiger partial charge on any atom is 0.249 e. The van der Waals surface area contributed by atoms with Gasteiger partial charge in [-0.2, -0.15) is 0 Å². The second-order valence-corrected chi connectivity index (χ2v) is 5.93. The minimum Gasteiger partial charge on any atom is -0.365 e. The van der Waals surface area contributed by atoms with Crippen LogP contribution >= 0.6 is 0 Å². The fourth-order valence-electron chi connectivity index (χ4n) is 2.91. The average molecular weight is 323 g/mol. The molecule has 1 aliphatic rings. The maximum absolute atomic E-state index is 12.5. The molecule has 0 aliphatic carbocycles. The number of amides is 2. The van der Waals surface area contributed by atoms with Crippen LogP contribution in [0.4, 0.5) is 11.4 Å². The van der Waals surface area contributed by atoms with Crippen molar-refractivity contribution in [1.29, 1.82) is 0 Å². The molecular formula is C19H21N3O2. The van der Waals surface area contributed by atoms with Gasteiger partial charge in [0.2, 0.25) is 11.8 Å². The number of benzene rings is 2. The van der Waals surface area contributed by atoms with Crippen molar-refractivity contribution in [3.05, 3.63) is 60.7 Å². The summed E-state index contributed by atoms with van der Waals surface area (Å²) in [4.78, 5) is 28.3. The Hall–Kier alpha value is -2.82. The third kappa shape index (κ3) is 3.56. The number of hydrogen-bond donors (Lipinski definition) is 1. The summed E-state index contributed by atoms with van der Waals surface area (Å²) < 4.78 is 0. The van der Waals surface area contributed by atoms with E-state index in [9.17, 15) is 9.59 Å². The predicted molar refractivity (Wildman–Crippen MR) is 95.1 cm³/mol. The number of rotatable bonds is 5. The van der Waals surface area contributed by atoms with Crippen LogP contribution in [0, 0.1) is 0 Å². The molecule has 1 fully saturated rings. The van der Waals surface area contributed by atoms with Crippen LogP contribution in [0.25, 0.3) is 0 Å². The van der Waals surface area contributed by atoms with E-state index in [0.29, 0.717) is 13.0 Å². The Morgan fingerprint density at radius 3 is 2.42 bits per heavy atom. The molecule has 0 bridgehead atoms. The molecule has 3 rings (SSSR count). The van der Waals surface area contributed by atoms with Crippen LogP contribution in [0.3, 0.4) is 0 Å². The monoisotopic (exact) mass is 323 g/mol. The Labute approximate surface area is 141 Å². The lowest BCUT2D eigenvalue weighted by atomic mass is 10.2. The Kier molecular flexibility index (Phi) is 4.79. The third-order valence-electron chi connectivity index (χ3n) is 4.19. The van der Waals surface area contributed by atoms with Gasteiger partial charge >= 0.3 is 0 Å². The van der Waals surface area contributed by atoms with E-state index in [1.807, 2.05) is 72.6 Å². The summed E-state index contributed by atoms with van der Waals surface area (Å²) in [6.45, 7) is 0.849. The molecule has 5 nitrogen and oxygen atoms in total. The van der Waals surface area contributed by atoms with Crippen LogP contribution in [-0.2, 0) is 9.59 Å². The molecule has 2 aromatic rings. The first-order chi connectivity index (χ1) is 11.6. The molecule has 0 aromatic heterocycles. The number of carbonyl (C=O) groups excluding carboxylic acids is 2. The van der Waals surface area contributed by atoms with Gasteiger partial charge in [0.05, 0.1) is 6.54 Å². The van der Waals surface area contributed by atoms with Crippen LogP contribution in [-0.4, -0.2) is 38.0 Å². The topological polar surface area (TPSA) is 52.7 Å². The number of anilines is 2. The fourth-order valence-corrected chi connectivity index (χ4v) is 2.91. The molecule has 1 heterocycles. The first kappa shape index (κ1) is 16.1. The lowest BCUT2D eigenvalue weighted by Gasteiger charge is -2.20. The van der Waals surface area contributed by atoms with E-state index in [0.717, 1.165) is 11.4 Å². The highest BCUT2D eigenvalue weighted by Crippen LogP contribution is 2.21. The smallest absolute Gasteiger partial charge is 0.249 e. The zero-order chi connectivity index (χ0) is 16.9. The first-order valence-corrected chi connectivity index (χ1v) is 8.07. The Morgan fingerprint density at radius 1 is 1.12 bits per heavy atom. The van der Waals surface area contributed by atoms with Crippen molar-refractivity contribution in [2.75, 3.05) is 29.9 Å². The molecule has 24 heavy (non-hydrogen) atoms. The van der Waals surface area contributed by atoms with Gasteiger partial charge in [0, 0.05) is 25.0 Å². The molecule has 0 saturated carbocycles. The molecule has 124 valence electrons. The molecule has 0 spiro atoms. The van der Waals surface area contributed by atoms with Gasteiger partial charge in [0.1, 0.15) is 6.04 Å². The van der Waals surface area contributed by atoms with Gasteiger partial charge < -0.3 is 15.1 Å². The number of nitrogens with zero attached hydrogens (tertiary/aromatic N) is 2. The SMILES string of the molecule is CN(CC(=O)N[C@H]1CCN(c2ccccc2)C1=O)c1ccccc1. The molecule has 0 unspecified atom stereocenters. The molecule has 2 aromatic carbocycles. The third-order valence-corrected chi connectivity index (χ3v) is 4.19. The van der Waals surface area contributed by atoms with Gasteiger partial charge in [-0.25, -0.2) is 0 Å². The lowest BCUT2D eigenvalue weighted by Crippen LogP contribution is -2.45. The molecule has 1 atom stereocenters. The van der Waals surface area contributed by atoms with Crippen molar-refractivity contribution >= 4 is 23.2 Å². The van der Waals surface area contributed by atoms with Crippen molar-refractivity contribution in [2.45, 2.75) is 12.5 Å². The fraction of sp³-hybridized carbons (Fsp3) is 0.263. The number of nitrogens with one attached hydrogen (secondary N) is 1. The molecule has 0 radical (unpaired) electrons. The van der Waals surface area contributed by atoms with Gasteiger partial charge in [-0.3, -0.25) is 9.59 Å². The molecular weight excluding hydrogens is 302 g/mol. The van der Waals surface area contributed by atoms with Crippen molar-refractivity contribution < 1.29 is 9.59 Å². The highest BCUT2D eigenvalue weighted by molar-refractivity contribution is 6.01. The summed E-state index contributed by atoms with van der Waals surface area (Å²) in [7, 11) is 1.86. The number of hydrogen-bond acceptors (Lipinski definition) is 3. The highest BCUT2D eigenvalue weighted by atomic mass is 16.2. The van der Waals surface area contributed by atoms with Crippen LogP contribution in [0.5, 0.6) is 0 Å². The van der Waals surface area contributed by atoms with E-state index in [1.54, 1.807) is 4.90 Å². The van der Waals surface area contributed by atoms with E-state index in [4.69, 9.17) is 0 Å². The van der Waals surface area contributed by atoms with Crippen molar-refractivity contribution in [2.24, 2.45) is 0 Å². The lowest BCUT2D eigenvalue weighted by molar-refractivity contribution is -0.125. The molecule has 1 aliphatic heterocycles. The number of carbonyl (C=O) groups is 2. The maximum atomic E-state index is 12.5. The van der Waals surface area contributed by atoms with Crippen molar-refractivity contribution in [1.82, 2.24) is 5.32 Å². The van der Waals surface area contributed by atoms with Gasteiger partial charge in [0.15, 0.2) is 0 Å². The summed E-state index contributed by atoms with van der Waals surface area (Å²) in [5, 5.41) is 2.86. The van der Waals surface area contributed by atoms with Gasteiger partial charge in [-0.15, -0.1) is 0 Å². The quantitative estimate of drug-likeness (QED) is 0.916. The van der Waals surface area contributed by atoms with Crippen molar-refractivity contribution in [3.8, 4) is 0 Å². The van der Waals surface area contributed by atoms with E-state index in [-0.39, 0.29) is 18.4 Å². The minimum absolute atomic E-state index is 0.0445. The summed E-state index contributed by atoms with van der Waals surface area (Å²) in [5.41, 5.74) is 1.84. The molecule has 5 heteroatoms. The van der Waals surface area contributed by atoms with E-state index < -0.39 is 6.04 Å². The average Bonchev–Trinajstić information content (AvgIpc) is 2.97. The Bertz CT molecular complexity index is 703. The minimum atomic E-state index is -0.443. The van der Waals surface area contributed by atoms with Crippen molar-refractivity contribution in [3.63, 3.8) is 0 Å². The van der Waals surface area contributed by atoms with Gasteiger partial charge in [-0.05, 0) is 30.7 Å². The zero-order valence-corrected chi connectivity index (χ0v) is 13.7. The highest BCUT2D eigenvalue weighted by Gasteiger charge is 2.33. The Balaban J connectivity index is 1.57. The van der Waals surface area contributed by atoms with E-state index >= 15 is 0 Å². The van der Waals surface area contributed by atoms with Gasteiger partial charge in [-0.1, -0.05) is 36.4 Å². The zero-order valence-electron chi connectivity index (χ0n) is 13.7. The van der Waals surface area contributed by atoms with Crippen LogP contribution in [0.2, 0.25) is 0 Å². The number of para-hydroxylation sites is 2. The van der Waals surface area contributed by atoms with Gasteiger partial charge in [0.25, 0.3) is 0 Å². The van der Waals surface area contributed by atoms with Crippen LogP contribution < -0.4 is 15.1 Å². The normalized spacial score (nSPS) is 17.0. The Morgan fingerprint density at radius 2 is 1.75 bits per heavy atom. The summed E-state index contributed by atoms with van der Waals surface area (Å²) in [5.74, 6) is -0.188. The van der Waals surface area contributed by atoms with Crippen LogP contribution in [0.15, 0.2) is 60.7 Å². The second-order valence-electron chi connectivity index (χ2n) is 5.93. The molecule has 1 saturated heterocycles. The molecule has 1 N–H and O–H groups in total. The standard InChI is InChI=1S/C19H21N3O2/c1-21(15-8-4-2-5-9-15)14-18(23)20-17-12-13-22(19(17)24)16-10-6-3-7-11-16/h2-11,17H,12-14H2,1H3,(H,20,23)/t17-/m0/s1. The van der Waals surface area contributed by atoms with E-state index in [1.165, 1.54) is 0 Å². The molecule has 2 amide bonds. The summed E-state index contributed by atoms with van der Waals surface area (Å²) >= 11 is 0. The van der Waals surface area contributed by atoms with E-state index in [2.05, 4.69) is 5.32 Å². The summed E-state index contributed by atoms with van der Waals surface area (Å²) in [6, 6.07) is 18.8. The van der Waals surface area contributed by atoms with Crippen LogP contribution in [0.1, 0.15) is 6.42 Å².